The van der Waals surface area contributed by atoms with E-state index in [-0.39, 0.29) is 42.5 Å². The molecule has 162 valence electrons. The number of carbonyl (C=O) groups is 2. The Morgan fingerprint density at radius 3 is 2.31 bits per heavy atom. The van der Waals surface area contributed by atoms with Gasteiger partial charge >= 0.3 is 0 Å². The van der Waals surface area contributed by atoms with E-state index in [4.69, 9.17) is 0 Å². The number of aromatic nitrogens is 1. The first-order valence-corrected chi connectivity index (χ1v) is 10.4. The lowest BCUT2D eigenvalue weighted by atomic mass is 9.94. The van der Waals surface area contributed by atoms with Gasteiger partial charge in [-0.15, -0.1) is 24.8 Å². The highest BCUT2D eigenvalue weighted by Gasteiger charge is 2.33. The van der Waals surface area contributed by atoms with Crippen molar-refractivity contribution in [2.45, 2.75) is 44.6 Å². The van der Waals surface area contributed by atoms with E-state index in [0.717, 1.165) is 57.8 Å². The summed E-state index contributed by atoms with van der Waals surface area (Å²) in [6.07, 6.45) is 9.91. The highest BCUT2D eigenvalue weighted by atomic mass is 35.5. The number of rotatable bonds is 5. The summed E-state index contributed by atoms with van der Waals surface area (Å²) in [6, 6.07) is 4.05. The van der Waals surface area contributed by atoms with Crippen molar-refractivity contribution < 1.29 is 9.59 Å². The molecule has 3 heterocycles. The molecule has 29 heavy (non-hydrogen) atoms. The lowest BCUT2D eigenvalue weighted by molar-refractivity contribution is -0.138. The molecular formula is C21H32Cl2N4O2. The predicted molar refractivity (Wildman–Crippen MR) is 118 cm³/mol. The van der Waals surface area contributed by atoms with E-state index in [1.54, 1.807) is 24.5 Å². The van der Waals surface area contributed by atoms with E-state index in [0.29, 0.717) is 18.2 Å². The van der Waals surface area contributed by atoms with Crippen LogP contribution in [0.1, 0.15) is 48.9 Å². The van der Waals surface area contributed by atoms with Crippen LogP contribution in [0, 0.1) is 11.8 Å². The zero-order valence-electron chi connectivity index (χ0n) is 16.8. The Balaban J connectivity index is 0.00000150. The zero-order chi connectivity index (χ0) is 18.6. The summed E-state index contributed by atoms with van der Waals surface area (Å²) in [5.74, 6) is 1.09. The average Bonchev–Trinajstić information content (AvgIpc) is 3.57. The predicted octanol–water partition coefficient (Wildman–Crippen LogP) is 2.77. The minimum atomic E-state index is -0.0551. The van der Waals surface area contributed by atoms with Crippen LogP contribution in [0.25, 0.3) is 0 Å². The monoisotopic (exact) mass is 442 g/mol. The number of likely N-dealkylation sites (tertiary alicyclic amines) is 2. The fourth-order valence-electron chi connectivity index (χ4n) is 4.26. The second kappa shape index (κ2) is 11.1. The van der Waals surface area contributed by atoms with Crippen molar-refractivity contribution in [2.24, 2.45) is 11.8 Å². The number of carbonyl (C=O) groups excluding carboxylic acids is 2. The molecule has 1 unspecified atom stereocenters. The number of nitrogens with one attached hydrogen (secondary N) is 1. The van der Waals surface area contributed by atoms with E-state index < -0.39 is 0 Å². The van der Waals surface area contributed by atoms with Gasteiger partial charge in [0.25, 0.3) is 5.91 Å². The lowest BCUT2D eigenvalue weighted by Gasteiger charge is -2.38. The maximum absolute atomic E-state index is 13.0. The van der Waals surface area contributed by atoms with E-state index in [9.17, 15) is 9.59 Å². The molecule has 2 aliphatic heterocycles. The Morgan fingerprint density at radius 1 is 0.966 bits per heavy atom. The topological polar surface area (TPSA) is 65.5 Å². The molecule has 3 aliphatic rings. The summed E-state index contributed by atoms with van der Waals surface area (Å²) in [7, 11) is 0. The van der Waals surface area contributed by atoms with Crippen LogP contribution in [0.5, 0.6) is 0 Å². The van der Waals surface area contributed by atoms with E-state index >= 15 is 0 Å². The molecule has 0 bridgehead atoms. The second-order valence-electron chi connectivity index (χ2n) is 8.28. The molecule has 1 atom stereocenters. The maximum atomic E-state index is 13.0. The fraction of sp³-hybridized carbons (Fsp3) is 0.667. The first kappa shape index (κ1) is 23.9. The van der Waals surface area contributed by atoms with Crippen LogP contribution in [-0.4, -0.2) is 65.4 Å². The molecular weight excluding hydrogens is 411 g/mol. The Kier molecular flexibility index (Phi) is 9.18. The normalized spacial score (nSPS) is 22.4. The lowest BCUT2D eigenvalue weighted by Crippen LogP contribution is -2.50. The molecule has 1 aliphatic carbocycles. The van der Waals surface area contributed by atoms with Gasteiger partial charge in [0.15, 0.2) is 0 Å². The van der Waals surface area contributed by atoms with Crippen molar-refractivity contribution in [2.75, 3.05) is 32.7 Å². The average molecular weight is 443 g/mol. The van der Waals surface area contributed by atoms with Crippen LogP contribution in [0.15, 0.2) is 24.5 Å². The van der Waals surface area contributed by atoms with Crippen LogP contribution >= 0.6 is 24.8 Å². The SMILES string of the molecule is Cl.Cl.O=C(c1ccncc1)N1CCCC(C(=O)N2CCC(NCC3CC3)CC2)C1. The molecule has 1 aromatic heterocycles. The van der Waals surface area contributed by atoms with E-state index in [1.807, 2.05) is 9.80 Å². The van der Waals surface area contributed by atoms with E-state index in [2.05, 4.69) is 10.3 Å². The van der Waals surface area contributed by atoms with Crippen LogP contribution in [0.4, 0.5) is 0 Å². The smallest absolute Gasteiger partial charge is 0.253 e. The number of pyridine rings is 1. The summed E-state index contributed by atoms with van der Waals surface area (Å²) >= 11 is 0. The quantitative estimate of drug-likeness (QED) is 0.760. The maximum Gasteiger partial charge on any atom is 0.253 e. The molecule has 0 aromatic carbocycles. The van der Waals surface area contributed by atoms with Gasteiger partial charge in [0, 0.05) is 50.2 Å². The van der Waals surface area contributed by atoms with Crippen molar-refractivity contribution in [3.63, 3.8) is 0 Å². The molecule has 0 radical (unpaired) electrons. The summed E-state index contributed by atoms with van der Waals surface area (Å²) in [5.41, 5.74) is 0.653. The molecule has 3 fully saturated rings. The van der Waals surface area contributed by atoms with Crippen molar-refractivity contribution in [1.82, 2.24) is 20.1 Å². The highest BCUT2D eigenvalue weighted by molar-refractivity contribution is 5.94. The van der Waals surface area contributed by atoms with Crippen molar-refractivity contribution >= 4 is 36.6 Å². The molecule has 0 spiro atoms. The van der Waals surface area contributed by atoms with Crippen LogP contribution in [-0.2, 0) is 4.79 Å². The van der Waals surface area contributed by atoms with Gasteiger partial charge in [-0.05, 0) is 63.1 Å². The van der Waals surface area contributed by atoms with Gasteiger partial charge in [-0.25, -0.2) is 0 Å². The molecule has 6 nitrogen and oxygen atoms in total. The fourth-order valence-corrected chi connectivity index (χ4v) is 4.26. The minimum Gasteiger partial charge on any atom is -0.342 e. The van der Waals surface area contributed by atoms with Crippen molar-refractivity contribution in [1.29, 1.82) is 0 Å². The Bertz CT molecular complexity index is 664. The molecule has 1 saturated carbocycles. The summed E-state index contributed by atoms with van der Waals surface area (Å²) in [5, 5.41) is 3.67. The number of piperidine rings is 2. The summed E-state index contributed by atoms with van der Waals surface area (Å²) < 4.78 is 0. The summed E-state index contributed by atoms with van der Waals surface area (Å²) in [6.45, 7) is 4.11. The van der Waals surface area contributed by atoms with Gasteiger partial charge in [0.2, 0.25) is 5.91 Å². The van der Waals surface area contributed by atoms with E-state index in [1.165, 1.54) is 12.8 Å². The minimum absolute atomic E-state index is 0. The van der Waals surface area contributed by atoms with Gasteiger partial charge in [-0.1, -0.05) is 0 Å². The van der Waals surface area contributed by atoms with Crippen LogP contribution < -0.4 is 5.32 Å². The number of amides is 2. The van der Waals surface area contributed by atoms with Gasteiger partial charge < -0.3 is 15.1 Å². The van der Waals surface area contributed by atoms with Crippen molar-refractivity contribution in [3.8, 4) is 0 Å². The first-order valence-electron chi connectivity index (χ1n) is 10.4. The Morgan fingerprint density at radius 2 is 1.66 bits per heavy atom. The third-order valence-electron chi connectivity index (χ3n) is 6.18. The zero-order valence-corrected chi connectivity index (χ0v) is 18.4. The number of nitrogens with zero attached hydrogens (tertiary/aromatic N) is 3. The first-order chi connectivity index (χ1) is 13.2. The number of hydrogen-bond acceptors (Lipinski definition) is 4. The van der Waals surface area contributed by atoms with Gasteiger partial charge in [0.1, 0.15) is 0 Å². The Hall–Kier alpha value is -1.37. The van der Waals surface area contributed by atoms with Crippen molar-refractivity contribution in [3.05, 3.63) is 30.1 Å². The third-order valence-corrected chi connectivity index (χ3v) is 6.18. The largest absolute Gasteiger partial charge is 0.342 e. The van der Waals surface area contributed by atoms with Gasteiger partial charge in [0.05, 0.1) is 5.92 Å². The molecule has 2 saturated heterocycles. The third kappa shape index (κ3) is 6.30. The second-order valence-corrected chi connectivity index (χ2v) is 8.28. The van der Waals surface area contributed by atoms with Crippen LogP contribution in [0.2, 0.25) is 0 Å². The summed E-state index contributed by atoms with van der Waals surface area (Å²) in [4.78, 5) is 33.5. The standard InChI is InChI=1S/C21H30N4O2.2ClH/c26-20(17-5-9-22-10-6-17)25-11-1-2-18(15-25)21(27)24-12-7-19(8-13-24)23-14-16-3-4-16;;/h5-6,9-10,16,18-19,23H,1-4,7-8,11-15H2;2*1H. The Labute approximate surface area is 185 Å². The molecule has 1 N–H and O–H groups in total. The molecule has 4 rings (SSSR count). The van der Waals surface area contributed by atoms with Gasteiger partial charge in [-0.3, -0.25) is 14.6 Å². The molecule has 8 heteroatoms. The molecule has 2 amide bonds. The van der Waals surface area contributed by atoms with Gasteiger partial charge in [-0.2, -0.15) is 0 Å². The molecule has 1 aromatic rings. The highest BCUT2D eigenvalue weighted by Crippen LogP contribution is 2.28. The number of hydrogen-bond donors (Lipinski definition) is 1. The number of halogens is 2. The van der Waals surface area contributed by atoms with Crippen LogP contribution in [0.3, 0.4) is 0 Å².